The molecule has 1 aromatic rings. The summed E-state index contributed by atoms with van der Waals surface area (Å²) in [5.74, 6) is 0. The summed E-state index contributed by atoms with van der Waals surface area (Å²) in [5.41, 5.74) is 3.55. The summed E-state index contributed by atoms with van der Waals surface area (Å²) < 4.78 is 5.99. The Morgan fingerprint density at radius 2 is 2.00 bits per heavy atom. The first-order valence-electron chi connectivity index (χ1n) is 5.19. The highest BCUT2D eigenvalue weighted by Gasteiger charge is 2.43. The lowest BCUT2D eigenvalue weighted by Crippen LogP contribution is -2.38. The van der Waals surface area contributed by atoms with Gasteiger partial charge in [0.2, 0.25) is 0 Å². The summed E-state index contributed by atoms with van der Waals surface area (Å²) in [6.45, 7) is -0.512. The highest BCUT2D eigenvalue weighted by molar-refractivity contribution is 5.85. The molecule has 108 valence electrons. The van der Waals surface area contributed by atoms with E-state index < -0.39 is 42.4 Å². The highest BCUT2D eigenvalue weighted by Crippen LogP contribution is 2.27. The lowest BCUT2D eigenvalue weighted by atomic mass is 10.1. The Morgan fingerprint density at radius 1 is 1.37 bits per heavy atom. The lowest BCUT2D eigenvalue weighted by molar-refractivity contribution is -0.0549. The lowest BCUT2D eigenvalue weighted by Gasteiger charge is -2.17. The van der Waals surface area contributed by atoms with Gasteiger partial charge < -0.3 is 25.8 Å². The van der Waals surface area contributed by atoms with Gasteiger partial charge in [-0.25, -0.2) is 4.79 Å². The normalized spacial score (nSPS) is 30.1. The molecule has 19 heavy (non-hydrogen) atoms. The maximum atomic E-state index is 11.5. The van der Waals surface area contributed by atoms with Crippen LogP contribution in [0.3, 0.4) is 0 Å². The molecule has 2 rings (SSSR count). The van der Waals surface area contributed by atoms with E-state index in [9.17, 15) is 19.8 Å². The van der Waals surface area contributed by atoms with Crippen molar-refractivity contribution in [3.8, 4) is 0 Å². The van der Waals surface area contributed by atoms with E-state index in [2.05, 4.69) is 0 Å². The number of nitrogens with one attached hydrogen (secondary N) is 1. The Labute approximate surface area is 112 Å². The minimum absolute atomic E-state index is 0. The Morgan fingerprint density at radius 3 is 2.53 bits per heavy atom. The zero-order valence-electron chi connectivity index (χ0n) is 9.59. The average molecular weight is 296 g/mol. The highest BCUT2D eigenvalue weighted by atomic mass is 35.5. The summed E-state index contributed by atoms with van der Waals surface area (Å²) in [6, 6.07) is 0. The van der Waals surface area contributed by atoms with E-state index in [-0.39, 0.29) is 18.1 Å². The van der Waals surface area contributed by atoms with E-state index in [0.29, 0.717) is 0 Å². The average Bonchev–Trinajstić information content (AvgIpc) is 2.61. The number of rotatable bonds is 2. The molecular weight excluding hydrogens is 282 g/mol. The van der Waals surface area contributed by atoms with Crippen LogP contribution in [0.5, 0.6) is 0 Å². The van der Waals surface area contributed by atoms with Crippen molar-refractivity contribution in [3.63, 3.8) is 0 Å². The molecule has 0 aromatic carbocycles. The van der Waals surface area contributed by atoms with Crippen molar-refractivity contribution in [2.45, 2.75) is 24.5 Å². The van der Waals surface area contributed by atoms with Gasteiger partial charge in [0, 0.05) is 6.20 Å². The van der Waals surface area contributed by atoms with E-state index >= 15 is 0 Å². The van der Waals surface area contributed by atoms with E-state index in [1.54, 1.807) is 0 Å². The smallest absolute Gasteiger partial charge is 0.330 e. The number of nitrogens with two attached hydrogens (primary N) is 1. The Hall–Kier alpha value is -1.39. The van der Waals surface area contributed by atoms with Gasteiger partial charge in [-0.15, -0.1) is 12.4 Å². The standard InChI is InChI=1S/C9H13N3O6.ClH/c10-3-1-12(9(17)11-7(3)16)8-6(15)5(14)4(2-13)18-8;/h1,4-6,8,13-15H,2,10H2,(H,11,16,17);1H/t4-,5?,6?,8-;/m1./s1. The first-order chi connectivity index (χ1) is 8.45. The Balaban J connectivity index is 0.00000180. The second-order valence-electron chi connectivity index (χ2n) is 3.98. The number of hydrogen-bond acceptors (Lipinski definition) is 7. The maximum absolute atomic E-state index is 11.5. The molecule has 0 aliphatic carbocycles. The summed E-state index contributed by atoms with van der Waals surface area (Å²) in [4.78, 5) is 24.6. The largest absolute Gasteiger partial charge is 0.394 e. The molecule has 0 radical (unpaired) electrons. The van der Waals surface area contributed by atoms with Gasteiger partial charge in [0.15, 0.2) is 6.23 Å². The molecule has 1 saturated heterocycles. The summed E-state index contributed by atoms with van der Waals surface area (Å²) >= 11 is 0. The first kappa shape index (κ1) is 15.7. The number of aliphatic hydroxyl groups is 3. The monoisotopic (exact) mass is 295 g/mol. The number of nitrogen functional groups attached to an aromatic ring is 1. The number of ether oxygens (including phenoxy) is 1. The topological polar surface area (TPSA) is 151 Å². The maximum Gasteiger partial charge on any atom is 0.330 e. The number of anilines is 1. The third-order valence-electron chi connectivity index (χ3n) is 2.79. The van der Waals surface area contributed by atoms with Crippen LogP contribution in [0.15, 0.2) is 15.8 Å². The number of aliphatic hydroxyl groups excluding tert-OH is 3. The van der Waals surface area contributed by atoms with E-state index in [0.717, 1.165) is 10.8 Å². The summed E-state index contributed by atoms with van der Waals surface area (Å²) in [5, 5.41) is 28.2. The molecule has 1 aromatic heterocycles. The molecule has 0 saturated carbocycles. The van der Waals surface area contributed by atoms with Gasteiger partial charge in [0.25, 0.3) is 5.56 Å². The van der Waals surface area contributed by atoms with Crippen molar-refractivity contribution in [2.75, 3.05) is 12.3 Å². The van der Waals surface area contributed by atoms with Gasteiger partial charge in [0.1, 0.15) is 24.0 Å². The zero-order chi connectivity index (χ0) is 13.4. The van der Waals surface area contributed by atoms with Gasteiger partial charge in [-0.05, 0) is 0 Å². The summed E-state index contributed by atoms with van der Waals surface area (Å²) in [6.07, 6.45) is -3.96. The van der Waals surface area contributed by atoms with E-state index in [4.69, 9.17) is 15.6 Å². The SMILES string of the molecule is Cl.Nc1cn([C@@H]2O[C@H](CO)C(O)C2O)c(=O)[nH]c1=O. The van der Waals surface area contributed by atoms with E-state index in [1.165, 1.54) is 0 Å². The van der Waals surface area contributed by atoms with Crippen LogP contribution in [-0.2, 0) is 4.74 Å². The van der Waals surface area contributed by atoms with Crippen molar-refractivity contribution in [1.82, 2.24) is 9.55 Å². The predicted molar refractivity (Wildman–Crippen MR) is 66.0 cm³/mol. The Kier molecular flexibility index (Phi) is 4.71. The second-order valence-corrected chi connectivity index (χ2v) is 3.98. The zero-order valence-corrected chi connectivity index (χ0v) is 10.4. The molecule has 0 amide bonds. The number of aromatic amines is 1. The van der Waals surface area contributed by atoms with E-state index in [1.807, 2.05) is 4.98 Å². The fourth-order valence-electron chi connectivity index (χ4n) is 1.80. The summed E-state index contributed by atoms with van der Waals surface area (Å²) in [7, 11) is 0. The van der Waals surface area contributed by atoms with Gasteiger partial charge in [-0.1, -0.05) is 0 Å². The molecule has 10 heteroatoms. The van der Waals surface area contributed by atoms with Crippen LogP contribution in [0.4, 0.5) is 5.69 Å². The number of aromatic nitrogens is 2. The molecular formula is C9H14ClN3O6. The molecule has 1 aliphatic heterocycles. The van der Waals surface area contributed by atoms with Crippen LogP contribution in [-0.4, -0.2) is 49.8 Å². The van der Waals surface area contributed by atoms with Crippen LogP contribution in [0.2, 0.25) is 0 Å². The van der Waals surface area contributed by atoms with Gasteiger partial charge >= 0.3 is 5.69 Å². The van der Waals surface area contributed by atoms with Crippen molar-refractivity contribution >= 4 is 18.1 Å². The first-order valence-corrected chi connectivity index (χ1v) is 5.19. The van der Waals surface area contributed by atoms with Crippen LogP contribution in [0.1, 0.15) is 6.23 Å². The number of H-pyrrole nitrogens is 1. The quantitative estimate of drug-likeness (QED) is 0.394. The number of hydrogen-bond donors (Lipinski definition) is 5. The fourth-order valence-corrected chi connectivity index (χ4v) is 1.80. The Bertz CT molecular complexity index is 558. The number of nitrogens with zero attached hydrogens (tertiary/aromatic N) is 1. The van der Waals surface area contributed by atoms with Crippen LogP contribution >= 0.6 is 12.4 Å². The van der Waals surface area contributed by atoms with Crippen LogP contribution < -0.4 is 17.0 Å². The van der Waals surface area contributed by atoms with Gasteiger partial charge in [-0.2, -0.15) is 0 Å². The van der Waals surface area contributed by atoms with Crippen molar-refractivity contribution in [2.24, 2.45) is 0 Å². The minimum atomic E-state index is -1.41. The second kappa shape index (κ2) is 5.72. The molecule has 1 fully saturated rings. The van der Waals surface area contributed by atoms with Crippen LogP contribution in [0, 0.1) is 0 Å². The molecule has 6 N–H and O–H groups in total. The number of halogens is 1. The third kappa shape index (κ3) is 2.65. The van der Waals surface area contributed by atoms with Gasteiger partial charge in [0.05, 0.1) is 6.61 Å². The third-order valence-corrected chi connectivity index (χ3v) is 2.79. The molecule has 0 bridgehead atoms. The van der Waals surface area contributed by atoms with Crippen molar-refractivity contribution < 1.29 is 20.1 Å². The van der Waals surface area contributed by atoms with Crippen molar-refractivity contribution in [3.05, 3.63) is 27.0 Å². The minimum Gasteiger partial charge on any atom is -0.394 e. The molecule has 4 atom stereocenters. The molecule has 9 nitrogen and oxygen atoms in total. The molecule has 2 unspecified atom stereocenters. The predicted octanol–water partition coefficient (Wildman–Crippen LogP) is -2.85. The molecule has 2 heterocycles. The fraction of sp³-hybridized carbons (Fsp3) is 0.556. The molecule has 0 spiro atoms. The van der Waals surface area contributed by atoms with Gasteiger partial charge in [-0.3, -0.25) is 14.3 Å². The van der Waals surface area contributed by atoms with Crippen LogP contribution in [0.25, 0.3) is 0 Å². The van der Waals surface area contributed by atoms with Crippen molar-refractivity contribution in [1.29, 1.82) is 0 Å². The molecule has 1 aliphatic rings.